The molecule has 0 aliphatic carbocycles. The number of anilines is 1. The van der Waals surface area contributed by atoms with Crippen molar-refractivity contribution in [1.29, 1.82) is 0 Å². The molecule has 0 radical (unpaired) electrons. The van der Waals surface area contributed by atoms with Crippen LogP contribution < -0.4 is 9.79 Å². The number of carbonyl (C=O) groups is 1. The predicted molar refractivity (Wildman–Crippen MR) is 115 cm³/mol. The molecule has 0 atom stereocenters. The second-order valence-corrected chi connectivity index (χ2v) is 9.59. The van der Waals surface area contributed by atoms with Crippen LogP contribution in [0.1, 0.15) is 21.6 Å². The van der Waals surface area contributed by atoms with Crippen molar-refractivity contribution in [2.45, 2.75) is 31.7 Å². The lowest BCUT2D eigenvalue weighted by molar-refractivity contribution is -0.119. The van der Waals surface area contributed by atoms with Gasteiger partial charge in [-0.25, -0.2) is 8.42 Å². The van der Waals surface area contributed by atoms with Gasteiger partial charge in [-0.2, -0.15) is 0 Å². The predicted octanol–water partition coefficient (Wildman–Crippen LogP) is 3.92. The van der Waals surface area contributed by atoms with Gasteiger partial charge in [0.25, 0.3) is 10.0 Å². The lowest BCUT2D eigenvalue weighted by Gasteiger charge is -2.25. The monoisotopic (exact) mass is 429 g/mol. The zero-order valence-corrected chi connectivity index (χ0v) is 17.7. The van der Waals surface area contributed by atoms with Crippen LogP contribution in [0.15, 0.2) is 64.9 Å². The molecule has 0 fully saturated rings. The zero-order chi connectivity index (χ0) is 21.0. The molecule has 152 valence electrons. The normalized spacial score (nSPS) is 11.3. The van der Waals surface area contributed by atoms with Crippen LogP contribution in [0.5, 0.6) is 0 Å². The van der Waals surface area contributed by atoms with E-state index in [1.165, 1.54) is 21.1 Å². The molecule has 1 amide bonds. The molecule has 0 aliphatic rings. The first-order valence-corrected chi connectivity index (χ1v) is 11.3. The molecule has 0 aliphatic heterocycles. The number of rotatable bonds is 7. The maximum Gasteiger partial charge on any atom is 0.264 e. The minimum absolute atomic E-state index is 0.0571. The molecular weight excluding hydrogens is 408 g/mol. The minimum atomic E-state index is -3.81. The van der Waals surface area contributed by atoms with Crippen molar-refractivity contribution in [2.24, 2.45) is 0 Å². The summed E-state index contributed by atoms with van der Waals surface area (Å²) >= 11 is 1.49. The number of aryl methyl sites for hydroxylation is 2. The standard InChI is InChI=1S/C21H21N2O4S2/c1-15-5-6-16(2)20(12-15)29(26,27)23(14-19-4-3-11-28-19)18-9-7-17(8-10-18)13-21(24)22-25/h3-12H,13-14H2,1-2H3,(H-,22,24,25)/q-1. The molecule has 3 aromatic rings. The summed E-state index contributed by atoms with van der Waals surface area (Å²) in [5.74, 6) is -0.642. The number of nitrogens with zero attached hydrogens (tertiary/aromatic N) is 1. The molecule has 0 saturated carbocycles. The highest BCUT2D eigenvalue weighted by Gasteiger charge is 2.27. The summed E-state index contributed by atoms with van der Waals surface area (Å²) in [6.45, 7) is 3.84. The summed E-state index contributed by atoms with van der Waals surface area (Å²) in [5, 5.41) is 12.4. The Balaban J connectivity index is 2.03. The molecule has 1 aromatic heterocycles. The van der Waals surface area contributed by atoms with Gasteiger partial charge in [0.1, 0.15) is 0 Å². The third-order valence-electron chi connectivity index (χ3n) is 4.49. The Labute approximate surface area is 174 Å². The summed E-state index contributed by atoms with van der Waals surface area (Å²) < 4.78 is 28.5. The van der Waals surface area contributed by atoms with E-state index in [0.717, 1.165) is 10.4 Å². The van der Waals surface area contributed by atoms with E-state index in [-0.39, 0.29) is 17.9 Å². The van der Waals surface area contributed by atoms with Crippen molar-refractivity contribution in [2.75, 3.05) is 4.31 Å². The van der Waals surface area contributed by atoms with Crippen LogP contribution in [0.4, 0.5) is 5.69 Å². The molecule has 0 bridgehead atoms. The van der Waals surface area contributed by atoms with Crippen LogP contribution >= 0.6 is 11.3 Å². The van der Waals surface area contributed by atoms with Crippen LogP contribution in [0.3, 0.4) is 0 Å². The first-order chi connectivity index (χ1) is 13.8. The molecule has 8 heteroatoms. The number of amides is 1. The van der Waals surface area contributed by atoms with Gasteiger partial charge >= 0.3 is 0 Å². The molecule has 0 saturated heterocycles. The molecular formula is C21H21N2O4S2-. The van der Waals surface area contributed by atoms with E-state index in [1.807, 2.05) is 30.5 Å². The smallest absolute Gasteiger partial charge is 0.264 e. The summed E-state index contributed by atoms with van der Waals surface area (Å²) in [7, 11) is -3.81. The SMILES string of the molecule is Cc1ccc(C)c(S(=O)(=O)N(Cc2cccs2)c2ccc(CC(=O)N[O-])cc2)c1. The molecule has 2 aromatic carbocycles. The fourth-order valence-corrected chi connectivity index (χ4v) is 5.49. The second-order valence-electron chi connectivity index (χ2n) is 6.73. The van der Waals surface area contributed by atoms with E-state index >= 15 is 0 Å². The molecule has 6 nitrogen and oxygen atoms in total. The van der Waals surface area contributed by atoms with Gasteiger partial charge in [-0.3, -0.25) is 9.10 Å². The Morgan fingerprint density at radius 2 is 1.83 bits per heavy atom. The van der Waals surface area contributed by atoms with Crippen LogP contribution in [-0.2, 0) is 27.8 Å². The van der Waals surface area contributed by atoms with E-state index in [1.54, 1.807) is 43.3 Å². The zero-order valence-electron chi connectivity index (χ0n) is 16.1. The number of sulfonamides is 1. The summed E-state index contributed by atoms with van der Waals surface area (Å²) in [5.41, 5.74) is 4.00. The third-order valence-corrected chi connectivity index (χ3v) is 7.27. The maximum atomic E-state index is 13.6. The van der Waals surface area contributed by atoms with Crippen molar-refractivity contribution in [3.63, 3.8) is 0 Å². The van der Waals surface area contributed by atoms with E-state index in [2.05, 4.69) is 0 Å². The molecule has 3 rings (SSSR count). The molecule has 29 heavy (non-hydrogen) atoms. The van der Waals surface area contributed by atoms with Crippen molar-refractivity contribution >= 4 is 33.0 Å². The highest BCUT2D eigenvalue weighted by molar-refractivity contribution is 7.92. The minimum Gasteiger partial charge on any atom is -0.759 e. The average Bonchev–Trinajstić information content (AvgIpc) is 3.22. The maximum absolute atomic E-state index is 13.6. The van der Waals surface area contributed by atoms with Gasteiger partial charge in [0.15, 0.2) is 0 Å². The van der Waals surface area contributed by atoms with E-state index in [9.17, 15) is 18.4 Å². The van der Waals surface area contributed by atoms with Crippen molar-refractivity contribution in [3.8, 4) is 0 Å². The van der Waals surface area contributed by atoms with Crippen molar-refractivity contribution in [1.82, 2.24) is 5.48 Å². The fraction of sp³-hybridized carbons (Fsp3) is 0.190. The number of hydrogen-bond donors (Lipinski definition) is 1. The Hall–Kier alpha value is -2.68. The topological polar surface area (TPSA) is 89.5 Å². The fourth-order valence-electron chi connectivity index (χ4n) is 2.96. The van der Waals surface area contributed by atoms with Gasteiger partial charge in [0, 0.05) is 4.88 Å². The Morgan fingerprint density at radius 3 is 2.45 bits per heavy atom. The highest BCUT2D eigenvalue weighted by Crippen LogP contribution is 2.29. The van der Waals surface area contributed by atoms with Gasteiger partial charge in [-0.05, 0) is 60.2 Å². The van der Waals surface area contributed by atoms with Crippen molar-refractivity contribution < 1.29 is 13.2 Å². The van der Waals surface area contributed by atoms with E-state index < -0.39 is 15.9 Å². The van der Waals surface area contributed by atoms with Gasteiger partial charge in [-0.15, -0.1) is 11.3 Å². The van der Waals surface area contributed by atoms with Gasteiger partial charge in [-0.1, -0.05) is 30.3 Å². The number of hydrogen-bond acceptors (Lipinski definition) is 5. The van der Waals surface area contributed by atoms with E-state index in [0.29, 0.717) is 16.8 Å². The van der Waals surface area contributed by atoms with Crippen LogP contribution in [-0.4, -0.2) is 14.3 Å². The number of nitrogens with one attached hydrogen (secondary N) is 1. The second kappa shape index (κ2) is 8.77. The van der Waals surface area contributed by atoms with Gasteiger partial charge in [0.05, 0.1) is 23.5 Å². The number of benzene rings is 2. The number of hydroxylamine groups is 1. The van der Waals surface area contributed by atoms with Gasteiger partial charge in [0.2, 0.25) is 5.91 Å². The van der Waals surface area contributed by atoms with Crippen LogP contribution in [0, 0.1) is 19.1 Å². The van der Waals surface area contributed by atoms with E-state index in [4.69, 9.17) is 0 Å². The van der Waals surface area contributed by atoms with Crippen molar-refractivity contribution in [3.05, 3.63) is 86.8 Å². The highest BCUT2D eigenvalue weighted by atomic mass is 32.2. The quantitative estimate of drug-likeness (QED) is 0.577. The third kappa shape index (κ3) is 4.84. The number of thiophene rings is 1. The summed E-state index contributed by atoms with van der Waals surface area (Å²) in [4.78, 5) is 12.5. The summed E-state index contributed by atoms with van der Waals surface area (Å²) in [6, 6.07) is 15.8. The largest absolute Gasteiger partial charge is 0.759 e. The first kappa shape index (κ1) is 21.0. The van der Waals surface area contributed by atoms with Crippen LogP contribution in [0.2, 0.25) is 0 Å². The number of carbonyl (C=O) groups excluding carboxylic acids is 1. The average molecular weight is 430 g/mol. The Kier molecular flexibility index (Phi) is 6.36. The Bertz CT molecular complexity index is 1090. The summed E-state index contributed by atoms with van der Waals surface area (Å²) in [6.07, 6.45) is -0.0571. The molecule has 1 heterocycles. The molecule has 0 spiro atoms. The lowest BCUT2D eigenvalue weighted by Crippen LogP contribution is -2.31. The van der Waals surface area contributed by atoms with Crippen LogP contribution in [0.25, 0.3) is 0 Å². The lowest BCUT2D eigenvalue weighted by atomic mass is 10.1. The molecule has 1 N–H and O–H groups in total. The molecule has 0 unspecified atom stereocenters. The first-order valence-electron chi connectivity index (χ1n) is 8.93. The Morgan fingerprint density at radius 1 is 1.10 bits per heavy atom. The van der Waals surface area contributed by atoms with Gasteiger partial charge < -0.3 is 10.7 Å².